The van der Waals surface area contributed by atoms with Gasteiger partial charge in [0.15, 0.2) is 0 Å². The summed E-state index contributed by atoms with van der Waals surface area (Å²) >= 11 is 6.22. The van der Waals surface area contributed by atoms with Crippen molar-refractivity contribution in [3.63, 3.8) is 0 Å². The van der Waals surface area contributed by atoms with E-state index in [9.17, 15) is 9.59 Å². The molecule has 3 heterocycles. The third-order valence-electron chi connectivity index (χ3n) is 4.92. The fourth-order valence-corrected chi connectivity index (χ4v) is 3.92. The van der Waals surface area contributed by atoms with Gasteiger partial charge in [-0.25, -0.2) is 4.98 Å². The Balaban J connectivity index is 1.52. The number of pyridine rings is 1. The van der Waals surface area contributed by atoms with Gasteiger partial charge in [0.05, 0.1) is 29.0 Å². The topological polar surface area (TPSA) is 77.3 Å². The number of hydrogen-bond acceptors (Lipinski definition) is 5. The van der Waals surface area contributed by atoms with Gasteiger partial charge in [-0.3, -0.25) is 14.5 Å². The molecular formula is C19H15ClN4O2. The van der Waals surface area contributed by atoms with Crippen LogP contribution in [0.25, 0.3) is 0 Å². The molecule has 2 atom stereocenters. The molecule has 1 aromatic heterocycles. The number of nitrogens with zero attached hydrogens (tertiary/aromatic N) is 4. The lowest BCUT2D eigenvalue weighted by molar-refractivity contribution is -0.140. The van der Waals surface area contributed by atoms with Crippen molar-refractivity contribution in [3.8, 4) is 6.07 Å². The Labute approximate surface area is 155 Å². The van der Waals surface area contributed by atoms with Gasteiger partial charge in [0.1, 0.15) is 11.9 Å². The molecule has 130 valence electrons. The summed E-state index contributed by atoms with van der Waals surface area (Å²) in [4.78, 5) is 32.9. The van der Waals surface area contributed by atoms with Crippen LogP contribution >= 0.6 is 11.6 Å². The number of amides is 2. The van der Waals surface area contributed by atoms with Crippen molar-refractivity contribution in [2.45, 2.75) is 6.54 Å². The number of carbonyl (C=O) groups excluding carboxylic acids is 2. The number of nitriles is 1. The molecule has 0 radical (unpaired) electrons. The Kier molecular flexibility index (Phi) is 4.09. The molecule has 2 aliphatic rings. The molecule has 0 aliphatic carbocycles. The lowest BCUT2D eigenvalue weighted by atomic mass is 10.00. The predicted molar refractivity (Wildman–Crippen MR) is 95.2 cm³/mol. The van der Waals surface area contributed by atoms with Crippen LogP contribution in [-0.2, 0) is 16.1 Å². The van der Waals surface area contributed by atoms with Crippen LogP contribution in [0.2, 0.25) is 5.02 Å². The number of halogens is 1. The van der Waals surface area contributed by atoms with E-state index in [0.717, 1.165) is 5.56 Å². The van der Waals surface area contributed by atoms with Crippen molar-refractivity contribution >= 4 is 29.2 Å². The maximum Gasteiger partial charge on any atom is 0.235 e. The largest absolute Gasteiger partial charge is 0.354 e. The van der Waals surface area contributed by atoms with Gasteiger partial charge >= 0.3 is 0 Å². The monoisotopic (exact) mass is 366 g/mol. The third-order valence-corrected chi connectivity index (χ3v) is 5.20. The van der Waals surface area contributed by atoms with Gasteiger partial charge in [-0.2, -0.15) is 5.26 Å². The smallest absolute Gasteiger partial charge is 0.235 e. The minimum absolute atomic E-state index is 0.142. The van der Waals surface area contributed by atoms with Crippen LogP contribution in [0, 0.1) is 23.2 Å². The molecule has 6 nitrogen and oxygen atoms in total. The Morgan fingerprint density at radius 3 is 2.38 bits per heavy atom. The van der Waals surface area contributed by atoms with Crippen LogP contribution in [0.5, 0.6) is 0 Å². The molecule has 4 rings (SSSR count). The summed E-state index contributed by atoms with van der Waals surface area (Å²) in [7, 11) is 0. The normalized spacial score (nSPS) is 21.8. The Morgan fingerprint density at radius 2 is 1.81 bits per heavy atom. The first-order chi connectivity index (χ1) is 12.6. The maximum absolute atomic E-state index is 12.7. The Hall–Kier alpha value is -2.91. The highest BCUT2D eigenvalue weighted by molar-refractivity contribution is 6.33. The number of anilines is 1. The van der Waals surface area contributed by atoms with Gasteiger partial charge in [0, 0.05) is 19.3 Å². The molecule has 1 aromatic carbocycles. The van der Waals surface area contributed by atoms with Gasteiger partial charge in [-0.1, -0.05) is 41.9 Å². The van der Waals surface area contributed by atoms with Crippen LogP contribution in [0.3, 0.4) is 0 Å². The molecule has 2 unspecified atom stereocenters. The molecule has 0 bridgehead atoms. The number of rotatable bonds is 3. The van der Waals surface area contributed by atoms with Gasteiger partial charge in [-0.15, -0.1) is 0 Å². The second-order valence-electron chi connectivity index (χ2n) is 6.51. The Bertz CT molecular complexity index is 901. The van der Waals surface area contributed by atoms with Crippen LogP contribution in [0.15, 0.2) is 42.6 Å². The quantitative estimate of drug-likeness (QED) is 0.778. The molecule has 2 amide bonds. The van der Waals surface area contributed by atoms with Crippen LogP contribution < -0.4 is 4.90 Å². The number of likely N-dealkylation sites (tertiary alicyclic amines) is 1. The zero-order valence-corrected chi connectivity index (χ0v) is 14.6. The molecule has 2 fully saturated rings. The van der Waals surface area contributed by atoms with E-state index in [1.54, 1.807) is 6.07 Å². The van der Waals surface area contributed by atoms with Crippen molar-refractivity contribution in [1.82, 2.24) is 9.88 Å². The van der Waals surface area contributed by atoms with Gasteiger partial charge in [0.2, 0.25) is 11.8 Å². The summed E-state index contributed by atoms with van der Waals surface area (Å²) in [5.41, 5.74) is 1.31. The summed E-state index contributed by atoms with van der Waals surface area (Å²) in [6.45, 7) is 1.11. The maximum atomic E-state index is 12.7. The summed E-state index contributed by atoms with van der Waals surface area (Å²) in [6.07, 6.45) is 1.45. The van der Waals surface area contributed by atoms with Crippen LogP contribution in [0.4, 0.5) is 5.82 Å². The van der Waals surface area contributed by atoms with E-state index in [-0.39, 0.29) is 23.7 Å². The van der Waals surface area contributed by atoms with Gasteiger partial charge < -0.3 is 4.90 Å². The summed E-state index contributed by atoms with van der Waals surface area (Å²) < 4.78 is 0. The molecule has 0 saturated carbocycles. The van der Waals surface area contributed by atoms with Gasteiger partial charge in [0.25, 0.3) is 0 Å². The minimum Gasteiger partial charge on any atom is -0.354 e. The average Bonchev–Trinajstić information content (AvgIpc) is 3.18. The number of aromatic nitrogens is 1. The van der Waals surface area contributed by atoms with Crippen LogP contribution in [-0.4, -0.2) is 34.8 Å². The van der Waals surface area contributed by atoms with Crippen molar-refractivity contribution < 1.29 is 9.59 Å². The molecule has 2 saturated heterocycles. The number of fused-ring (bicyclic) bond motifs is 1. The van der Waals surface area contributed by atoms with Crippen molar-refractivity contribution in [2.24, 2.45) is 11.8 Å². The SMILES string of the molecule is N#Cc1cnc(N2CC3C(=O)N(Cc4ccccc4)C(=O)C3C2)c(Cl)c1. The first-order valence-corrected chi connectivity index (χ1v) is 8.66. The number of carbonyl (C=O) groups is 2. The summed E-state index contributed by atoms with van der Waals surface area (Å²) in [5, 5.41) is 9.26. The molecule has 26 heavy (non-hydrogen) atoms. The fraction of sp³-hybridized carbons (Fsp3) is 0.263. The zero-order chi connectivity index (χ0) is 18.3. The lowest BCUT2D eigenvalue weighted by Crippen LogP contribution is -2.35. The standard InChI is InChI=1S/C19H15ClN4O2/c20-16-6-13(7-21)8-22-17(16)23-10-14-15(11-23)19(26)24(18(14)25)9-12-4-2-1-3-5-12/h1-6,8,14-15H,9-11H2. The Morgan fingerprint density at radius 1 is 1.15 bits per heavy atom. The summed E-state index contributed by atoms with van der Waals surface area (Å²) in [5.74, 6) is -0.526. The average molecular weight is 367 g/mol. The summed E-state index contributed by atoms with van der Waals surface area (Å²) in [6, 6.07) is 13.0. The first kappa shape index (κ1) is 16.6. The third kappa shape index (κ3) is 2.71. The van der Waals surface area contributed by atoms with E-state index in [1.807, 2.05) is 41.3 Å². The lowest BCUT2D eigenvalue weighted by Gasteiger charge is -2.22. The molecular weight excluding hydrogens is 352 g/mol. The van der Waals surface area contributed by atoms with E-state index in [4.69, 9.17) is 16.9 Å². The van der Waals surface area contributed by atoms with Crippen molar-refractivity contribution in [2.75, 3.05) is 18.0 Å². The fourth-order valence-electron chi connectivity index (χ4n) is 3.63. The molecule has 0 spiro atoms. The first-order valence-electron chi connectivity index (χ1n) is 8.28. The minimum atomic E-state index is -0.375. The van der Waals surface area contributed by atoms with Gasteiger partial charge in [-0.05, 0) is 11.6 Å². The van der Waals surface area contributed by atoms with Crippen molar-refractivity contribution in [3.05, 3.63) is 58.7 Å². The van der Waals surface area contributed by atoms with Crippen LogP contribution in [0.1, 0.15) is 11.1 Å². The second kappa shape index (κ2) is 6.43. The molecule has 2 aliphatic heterocycles. The molecule has 2 aromatic rings. The highest BCUT2D eigenvalue weighted by Crippen LogP contribution is 2.37. The molecule has 7 heteroatoms. The number of hydrogen-bond donors (Lipinski definition) is 0. The predicted octanol–water partition coefficient (Wildman–Crippen LogP) is 2.23. The highest BCUT2D eigenvalue weighted by atomic mass is 35.5. The highest BCUT2D eigenvalue weighted by Gasteiger charge is 2.52. The van der Waals surface area contributed by atoms with E-state index in [1.165, 1.54) is 11.1 Å². The van der Waals surface area contributed by atoms with E-state index in [0.29, 0.717) is 36.0 Å². The number of benzene rings is 1. The number of imide groups is 1. The van der Waals surface area contributed by atoms with Crippen molar-refractivity contribution in [1.29, 1.82) is 5.26 Å². The zero-order valence-electron chi connectivity index (χ0n) is 13.8. The molecule has 0 N–H and O–H groups in total. The van der Waals surface area contributed by atoms with E-state index >= 15 is 0 Å². The van der Waals surface area contributed by atoms with E-state index in [2.05, 4.69) is 4.98 Å². The van der Waals surface area contributed by atoms with E-state index < -0.39 is 0 Å². The second-order valence-corrected chi connectivity index (χ2v) is 6.91.